The van der Waals surface area contributed by atoms with E-state index in [1.165, 1.54) is 0 Å². The van der Waals surface area contributed by atoms with Crippen molar-refractivity contribution in [3.05, 3.63) is 77.5 Å². The van der Waals surface area contributed by atoms with Crippen LogP contribution in [0.15, 0.2) is 60.7 Å². The van der Waals surface area contributed by atoms with Gasteiger partial charge in [0.25, 0.3) is 5.91 Å². The molecule has 3 rings (SSSR count). The third-order valence-corrected chi connectivity index (χ3v) is 4.50. The van der Waals surface area contributed by atoms with Gasteiger partial charge in [0.2, 0.25) is 0 Å². The van der Waals surface area contributed by atoms with Crippen LogP contribution in [-0.2, 0) is 9.53 Å². The van der Waals surface area contributed by atoms with Crippen molar-refractivity contribution in [1.29, 1.82) is 0 Å². The highest BCUT2D eigenvalue weighted by Gasteiger charge is 2.21. The van der Waals surface area contributed by atoms with Crippen LogP contribution in [0.3, 0.4) is 0 Å². The van der Waals surface area contributed by atoms with E-state index in [-0.39, 0.29) is 19.1 Å². The van der Waals surface area contributed by atoms with Gasteiger partial charge in [-0.1, -0.05) is 48.5 Å². The fraction of sp³-hybridized carbons (Fsp3) is 0.217. The van der Waals surface area contributed by atoms with E-state index in [0.29, 0.717) is 22.7 Å². The van der Waals surface area contributed by atoms with Crippen LogP contribution in [0.5, 0.6) is 5.75 Å². The number of benzene rings is 2. The van der Waals surface area contributed by atoms with Gasteiger partial charge in [-0.25, -0.2) is 4.79 Å². The summed E-state index contributed by atoms with van der Waals surface area (Å²) in [6, 6.07) is 18.8. The second-order valence-corrected chi connectivity index (χ2v) is 6.54. The zero-order chi connectivity index (χ0) is 20.8. The van der Waals surface area contributed by atoms with Gasteiger partial charge in [0.1, 0.15) is 5.75 Å². The maximum atomic E-state index is 12.6. The monoisotopic (exact) mass is 392 g/mol. The lowest BCUT2D eigenvalue weighted by atomic mass is 10.1. The number of aromatic nitrogens is 1. The number of amides is 1. The largest absolute Gasteiger partial charge is 0.483 e. The predicted octanol–water partition coefficient (Wildman–Crippen LogP) is 4.10. The van der Waals surface area contributed by atoms with Crippen molar-refractivity contribution in [3.8, 4) is 17.0 Å². The smallest absolute Gasteiger partial charge is 0.340 e. The third kappa shape index (κ3) is 4.66. The normalized spacial score (nSPS) is 10.4. The molecule has 6 nitrogen and oxygen atoms in total. The topological polar surface area (TPSA) is 69.6 Å². The van der Waals surface area contributed by atoms with E-state index in [9.17, 15) is 9.59 Å². The molecular formula is C23H24N2O4. The first kappa shape index (κ1) is 20.2. The molecule has 1 aromatic heterocycles. The Kier molecular flexibility index (Phi) is 6.34. The average molecular weight is 392 g/mol. The van der Waals surface area contributed by atoms with E-state index in [1.54, 1.807) is 24.6 Å². The molecule has 3 aromatic rings. The second kappa shape index (κ2) is 9.10. The summed E-state index contributed by atoms with van der Waals surface area (Å²) < 4.78 is 12.4. The first-order valence-electron chi connectivity index (χ1n) is 9.44. The number of ether oxygens (including phenoxy) is 2. The fourth-order valence-electron chi connectivity index (χ4n) is 3.01. The maximum Gasteiger partial charge on any atom is 0.340 e. The third-order valence-electron chi connectivity index (χ3n) is 4.50. The lowest BCUT2D eigenvalue weighted by Gasteiger charge is -2.14. The lowest BCUT2D eigenvalue weighted by molar-refractivity contribution is -0.119. The highest BCUT2D eigenvalue weighted by atomic mass is 16.5. The second-order valence-electron chi connectivity index (χ2n) is 6.54. The van der Waals surface area contributed by atoms with E-state index in [4.69, 9.17) is 9.47 Å². The van der Waals surface area contributed by atoms with Crippen molar-refractivity contribution in [3.63, 3.8) is 0 Å². The number of hydrogen-bond acceptors (Lipinski definition) is 4. The predicted molar refractivity (Wildman–Crippen MR) is 112 cm³/mol. The molecule has 0 saturated heterocycles. The van der Waals surface area contributed by atoms with Gasteiger partial charge in [0.15, 0.2) is 6.61 Å². The van der Waals surface area contributed by atoms with Gasteiger partial charge < -0.3 is 9.47 Å². The summed E-state index contributed by atoms with van der Waals surface area (Å²) in [6.07, 6.45) is 0. The fourth-order valence-corrected chi connectivity index (χ4v) is 3.01. The minimum absolute atomic E-state index is 0.147. The Balaban J connectivity index is 1.85. The van der Waals surface area contributed by atoms with Crippen molar-refractivity contribution in [2.24, 2.45) is 0 Å². The Labute approximate surface area is 170 Å². The summed E-state index contributed by atoms with van der Waals surface area (Å²) in [5.41, 5.74) is 6.33. The number of aryl methyl sites for hydroxylation is 1. The SMILES string of the molecule is CCOC(=O)c1cc(-c2ccccc2)n(NC(=O)COc2ccccc2C)c1C. The molecule has 0 fully saturated rings. The average Bonchev–Trinajstić information content (AvgIpc) is 3.04. The number of nitrogens with one attached hydrogen (secondary N) is 1. The van der Waals surface area contributed by atoms with E-state index in [1.807, 2.05) is 61.5 Å². The molecule has 29 heavy (non-hydrogen) atoms. The van der Waals surface area contributed by atoms with Crippen LogP contribution < -0.4 is 10.2 Å². The number of para-hydroxylation sites is 1. The summed E-state index contributed by atoms with van der Waals surface area (Å²) in [5, 5.41) is 0. The highest BCUT2D eigenvalue weighted by Crippen LogP contribution is 2.25. The molecule has 2 aromatic carbocycles. The summed E-state index contributed by atoms with van der Waals surface area (Å²) in [5.74, 6) is -0.103. The zero-order valence-corrected chi connectivity index (χ0v) is 16.8. The van der Waals surface area contributed by atoms with E-state index in [2.05, 4.69) is 5.43 Å². The maximum absolute atomic E-state index is 12.6. The molecule has 1 N–H and O–H groups in total. The number of nitrogens with zero attached hydrogens (tertiary/aromatic N) is 1. The van der Waals surface area contributed by atoms with E-state index in [0.717, 1.165) is 11.1 Å². The molecule has 1 heterocycles. The number of esters is 1. The van der Waals surface area contributed by atoms with Crippen LogP contribution >= 0.6 is 0 Å². The Morgan fingerprint density at radius 2 is 1.69 bits per heavy atom. The number of rotatable bonds is 7. The number of carbonyl (C=O) groups excluding carboxylic acids is 2. The molecule has 0 radical (unpaired) electrons. The van der Waals surface area contributed by atoms with Crippen molar-refractivity contribution < 1.29 is 19.1 Å². The lowest BCUT2D eigenvalue weighted by Crippen LogP contribution is -2.29. The quantitative estimate of drug-likeness (QED) is 0.615. The van der Waals surface area contributed by atoms with Crippen molar-refractivity contribution >= 4 is 11.9 Å². The molecule has 0 aliphatic carbocycles. The van der Waals surface area contributed by atoms with Crippen LogP contribution in [0.1, 0.15) is 28.5 Å². The molecular weight excluding hydrogens is 368 g/mol. The summed E-state index contributed by atoms with van der Waals surface area (Å²) in [6.45, 7) is 5.57. The molecule has 0 saturated carbocycles. The molecule has 1 amide bonds. The van der Waals surface area contributed by atoms with Crippen LogP contribution in [0.4, 0.5) is 0 Å². The minimum atomic E-state index is -0.425. The van der Waals surface area contributed by atoms with Gasteiger partial charge in [-0.05, 0) is 38.5 Å². The Morgan fingerprint density at radius 3 is 2.38 bits per heavy atom. The van der Waals surface area contributed by atoms with Crippen LogP contribution in [0.2, 0.25) is 0 Å². The number of hydrogen-bond donors (Lipinski definition) is 1. The molecule has 150 valence electrons. The highest BCUT2D eigenvalue weighted by molar-refractivity contribution is 5.94. The Morgan fingerprint density at radius 1 is 1.00 bits per heavy atom. The van der Waals surface area contributed by atoms with Gasteiger partial charge in [-0.15, -0.1) is 0 Å². The standard InChI is InChI=1S/C23H24N2O4/c1-4-28-23(27)19-14-20(18-11-6-5-7-12-18)25(17(19)3)24-22(26)15-29-21-13-9-8-10-16(21)2/h5-14H,4,15H2,1-3H3,(H,24,26). The van der Waals surface area contributed by atoms with E-state index < -0.39 is 5.97 Å². The van der Waals surface area contributed by atoms with Gasteiger partial charge in [-0.2, -0.15) is 0 Å². The Hall–Kier alpha value is -3.54. The van der Waals surface area contributed by atoms with Gasteiger partial charge >= 0.3 is 5.97 Å². The van der Waals surface area contributed by atoms with Crippen molar-refractivity contribution in [1.82, 2.24) is 4.68 Å². The summed E-state index contributed by atoms with van der Waals surface area (Å²) in [7, 11) is 0. The van der Waals surface area contributed by atoms with Gasteiger partial charge in [-0.3, -0.25) is 14.9 Å². The molecule has 0 atom stereocenters. The molecule has 0 bridgehead atoms. The first-order valence-corrected chi connectivity index (χ1v) is 9.44. The number of carbonyl (C=O) groups is 2. The molecule has 6 heteroatoms. The summed E-state index contributed by atoms with van der Waals surface area (Å²) >= 11 is 0. The van der Waals surface area contributed by atoms with Gasteiger partial charge in [0, 0.05) is 5.56 Å². The van der Waals surface area contributed by atoms with Crippen LogP contribution in [0, 0.1) is 13.8 Å². The molecule has 0 aliphatic heterocycles. The van der Waals surface area contributed by atoms with Crippen molar-refractivity contribution in [2.75, 3.05) is 18.6 Å². The molecule has 0 aliphatic rings. The molecule has 0 unspecified atom stereocenters. The van der Waals surface area contributed by atoms with Gasteiger partial charge in [0.05, 0.1) is 23.6 Å². The van der Waals surface area contributed by atoms with Crippen LogP contribution in [-0.4, -0.2) is 29.8 Å². The minimum Gasteiger partial charge on any atom is -0.483 e. The molecule has 0 spiro atoms. The summed E-state index contributed by atoms with van der Waals surface area (Å²) in [4.78, 5) is 24.9. The van der Waals surface area contributed by atoms with Crippen molar-refractivity contribution in [2.45, 2.75) is 20.8 Å². The Bertz CT molecular complexity index is 1010. The van der Waals surface area contributed by atoms with Crippen LogP contribution in [0.25, 0.3) is 11.3 Å². The first-order chi connectivity index (χ1) is 14.0. The zero-order valence-electron chi connectivity index (χ0n) is 16.8. The van der Waals surface area contributed by atoms with E-state index >= 15 is 0 Å².